The second-order valence-corrected chi connectivity index (χ2v) is 9.13. The van der Waals surface area contributed by atoms with Gasteiger partial charge in [0.25, 0.3) is 0 Å². The van der Waals surface area contributed by atoms with E-state index in [0.29, 0.717) is 20.1 Å². The van der Waals surface area contributed by atoms with Crippen molar-refractivity contribution in [2.45, 2.75) is 0 Å². The molecule has 0 spiro atoms. The first-order valence-electron chi connectivity index (χ1n) is 7.59. The van der Waals surface area contributed by atoms with Gasteiger partial charge in [-0.2, -0.15) is 0 Å². The molecule has 0 amide bonds. The van der Waals surface area contributed by atoms with Crippen molar-refractivity contribution >= 4 is 113 Å². The van der Waals surface area contributed by atoms with Gasteiger partial charge in [-0.25, -0.2) is 9.97 Å². The van der Waals surface area contributed by atoms with E-state index in [1.165, 1.54) is 22.7 Å². The van der Waals surface area contributed by atoms with E-state index >= 15 is 0 Å². The summed E-state index contributed by atoms with van der Waals surface area (Å²) in [4.78, 5) is 10.8. The third-order valence-electron chi connectivity index (χ3n) is 3.63. The molecule has 0 unspecified atom stereocenters. The van der Waals surface area contributed by atoms with E-state index in [0.717, 1.165) is 31.1 Å². The molecule has 0 aliphatic rings. The summed E-state index contributed by atoms with van der Waals surface area (Å²) in [5, 5.41) is 6.81. The van der Waals surface area contributed by atoms with Crippen LogP contribution < -0.4 is 5.32 Å². The molecule has 3 nitrogen and oxygen atoms in total. The van der Waals surface area contributed by atoms with Crippen LogP contribution in [0, 0.1) is 0 Å². The molecule has 4 rings (SSSR count). The Labute approximate surface area is 216 Å². The smallest absolute Gasteiger partial charge is 0.189 e. The second kappa shape index (κ2) is 10.8. The standard InChI is InChI=1S/C18H9Cl4N3S2.2BrH/c19-11-3-1-9(5-13(11)21)15-7-23-17(26-15)25-18-24-8-16(27-18)10-2-4-12(20)14(22)6-10;;/h1-8H,(H,23,24,25);2*1H. The lowest BCUT2D eigenvalue weighted by Crippen LogP contribution is -1.86. The molecule has 11 heteroatoms. The molecule has 29 heavy (non-hydrogen) atoms. The van der Waals surface area contributed by atoms with Gasteiger partial charge in [-0.3, -0.25) is 0 Å². The van der Waals surface area contributed by atoms with E-state index in [4.69, 9.17) is 46.4 Å². The predicted octanol–water partition coefficient (Wildman–Crippen LogP) is 9.45. The van der Waals surface area contributed by atoms with Crippen molar-refractivity contribution < 1.29 is 0 Å². The second-order valence-electron chi connectivity index (χ2n) is 5.44. The maximum atomic E-state index is 6.09. The van der Waals surface area contributed by atoms with Gasteiger partial charge >= 0.3 is 0 Å². The third kappa shape index (κ3) is 5.86. The van der Waals surface area contributed by atoms with Crippen molar-refractivity contribution in [2.24, 2.45) is 0 Å². The normalized spacial score (nSPS) is 10.2. The van der Waals surface area contributed by atoms with Crippen LogP contribution in [0.1, 0.15) is 0 Å². The maximum absolute atomic E-state index is 6.09. The Morgan fingerprint density at radius 2 is 1.03 bits per heavy atom. The number of halogens is 6. The van der Waals surface area contributed by atoms with Crippen LogP contribution in [0.5, 0.6) is 0 Å². The molecule has 0 aliphatic heterocycles. The molecule has 152 valence electrons. The minimum atomic E-state index is 0. The van der Waals surface area contributed by atoms with Crippen molar-refractivity contribution in [2.75, 3.05) is 5.32 Å². The van der Waals surface area contributed by atoms with Crippen molar-refractivity contribution in [3.8, 4) is 20.9 Å². The highest BCUT2D eigenvalue weighted by Gasteiger charge is 2.10. The number of rotatable bonds is 4. The molecule has 1 N–H and O–H groups in total. The molecular formula is C18H11Br2Cl4N3S2. The van der Waals surface area contributed by atoms with Crippen LogP contribution in [-0.2, 0) is 0 Å². The summed E-state index contributed by atoms with van der Waals surface area (Å²) >= 11 is 27.1. The first-order chi connectivity index (χ1) is 13.0. The summed E-state index contributed by atoms with van der Waals surface area (Å²) in [7, 11) is 0. The minimum absolute atomic E-state index is 0. The zero-order valence-corrected chi connectivity index (χ0v) is 22.2. The number of aromatic nitrogens is 2. The average molecular weight is 635 g/mol. The molecule has 0 fully saturated rings. The van der Waals surface area contributed by atoms with Gasteiger partial charge in [0.15, 0.2) is 10.3 Å². The van der Waals surface area contributed by atoms with Gasteiger partial charge in [0.1, 0.15) is 0 Å². The molecule has 0 aliphatic carbocycles. The number of benzene rings is 2. The lowest BCUT2D eigenvalue weighted by molar-refractivity contribution is 1.35. The molecule has 0 saturated heterocycles. The number of hydrogen-bond acceptors (Lipinski definition) is 5. The van der Waals surface area contributed by atoms with E-state index in [9.17, 15) is 0 Å². The molecule has 2 aromatic carbocycles. The topological polar surface area (TPSA) is 37.8 Å². The molecule has 0 atom stereocenters. The molecule has 0 saturated carbocycles. The van der Waals surface area contributed by atoms with Crippen molar-refractivity contribution in [1.29, 1.82) is 0 Å². The number of hydrogen-bond donors (Lipinski definition) is 1. The Morgan fingerprint density at radius 3 is 1.41 bits per heavy atom. The fourth-order valence-corrected chi connectivity index (χ4v) is 4.61. The highest BCUT2D eigenvalue weighted by atomic mass is 79.9. The number of nitrogens with one attached hydrogen (secondary N) is 1. The van der Waals surface area contributed by atoms with Crippen molar-refractivity contribution in [3.63, 3.8) is 0 Å². The van der Waals surface area contributed by atoms with Crippen LogP contribution in [0.25, 0.3) is 20.9 Å². The average Bonchev–Trinajstić information content (AvgIpc) is 3.30. The summed E-state index contributed by atoms with van der Waals surface area (Å²) in [6.45, 7) is 0. The zero-order valence-electron chi connectivity index (χ0n) is 14.2. The fourth-order valence-electron chi connectivity index (χ4n) is 2.32. The fraction of sp³-hybridized carbons (Fsp3) is 0. The van der Waals surface area contributed by atoms with Crippen LogP contribution in [0.3, 0.4) is 0 Å². The first-order valence-corrected chi connectivity index (χ1v) is 10.7. The minimum Gasteiger partial charge on any atom is -0.307 e. The van der Waals surface area contributed by atoms with Crippen LogP contribution in [0.4, 0.5) is 10.3 Å². The molecular weight excluding hydrogens is 624 g/mol. The summed E-state index contributed by atoms with van der Waals surface area (Å²) in [6.07, 6.45) is 3.58. The Morgan fingerprint density at radius 1 is 0.621 bits per heavy atom. The summed E-state index contributed by atoms with van der Waals surface area (Å²) < 4.78 is 0. The largest absolute Gasteiger partial charge is 0.307 e. The van der Waals surface area contributed by atoms with Gasteiger partial charge in [-0.05, 0) is 35.4 Å². The number of anilines is 2. The van der Waals surface area contributed by atoms with Crippen LogP contribution >= 0.6 is 103 Å². The zero-order chi connectivity index (χ0) is 19.0. The van der Waals surface area contributed by atoms with Crippen LogP contribution in [-0.4, -0.2) is 9.97 Å². The van der Waals surface area contributed by atoms with Crippen molar-refractivity contribution in [1.82, 2.24) is 9.97 Å². The first kappa shape index (κ1) is 24.9. The Hall–Kier alpha value is -0.380. The van der Waals surface area contributed by atoms with Gasteiger partial charge < -0.3 is 5.32 Å². The lowest BCUT2D eigenvalue weighted by atomic mass is 10.2. The number of thiazole rings is 2. The molecule has 2 aromatic heterocycles. The van der Waals surface area contributed by atoms with Crippen molar-refractivity contribution in [3.05, 3.63) is 68.9 Å². The van der Waals surface area contributed by atoms with E-state index in [1.807, 2.05) is 24.3 Å². The molecule has 0 radical (unpaired) electrons. The van der Waals surface area contributed by atoms with Gasteiger partial charge in [0.05, 0.1) is 29.8 Å². The summed E-state index contributed by atoms with van der Waals surface area (Å²) in [5.74, 6) is 0. The summed E-state index contributed by atoms with van der Waals surface area (Å²) in [6, 6.07) is 11.0. The Bertz CT molecular complexity index is 1050. The SMILES string of the molecule is Br.Br.Clc1ccc(-c2cnc(Nc3ncc(-c4ccc(Cl)c(Cl)c4)s3)s2)cc1Cl. The van der Waals surface area contributed by atoms with E-state index in [-0.39, 0.29) is 34.0 Å². The number of nitrogens with zero attached hydrogens (tertiary/aromatic N) is 2. The summed E-state index contributed by atoms with van der Waals surface area (Å²) in [5.41, 5.74) is 1.93. The Kier molecular flexibility index (Phi) is 9.25. The Balaban J connectivity index is 0.00000150. The van der Waals surface area contributed by atoms with Gasteiger partial charge in [0.2, 0.25) is 0 Å². The van der Waals surface area contributed by atoms with Gasteiger partial charge in [-0.1, -0.05) is 81.2 Å². The highest BCUT2D eigenvalue weighted by molar-refractivity contribution is 8.93. The maximum Gasteiger partial charge on any atom is 0.189 e. The molecule has 2 heterocycles. The highest BCUT2D eigenvalue weighted by Crippen LogP contribution is 2.37. The lowest BCUT2D eigenvalue weighted by Gasteiger charge is -2.00. The van der Waals surface area contributed by atoms with E-state index in [1.54, 1.807) is 24.5 Å². The predicted molar refractivity (Wildman–Crippen MR) is 139 cm³/mol. The van der Waals surface area contributed by atoms with Crippen LogP contribution in [0.15, 0.2) is 48.8 Å². The van der Waals surface area contributed by atoms with Gasteiger partial charge in [-0.15, -0.1) is 34.0 Å². The monoisotopic (exact) mass is 631 g/mol. The van der Waals surface area contributed by atoms with E-state index < -0.39 is 0 Å². The quantitative estimate of drug-likeness (QED) is 0.243. The van der Waals surface area contributed by atoms with Crippen LogP contribution in [0.2, 0.25) is 20.1 Å². The molecule has 0 bridgehead atoms. The molecule has 4 aromatic rings. The third-order valence-corrected chi connectivity index (χ3v) is 7.04. The van der Waals surface area contributed by atoms with E-state index in [2.05, 4.69) is 15.3 Å². The van der Waals surface area contributed by atoms with Gasteiger partial charge in [0, 0.05) is 12.4 Å².